The molecule has 0 saturated heterocycles. The maximum Gasteiger partial charge on any atom is 0.259 e. The molecule has 1 amide bonds. The number of fused-ring (bicyclic) bond motifs is 1. The summed E-state index contributed by atoms with van der Waals surface area (Å²) in [6, 6.07) is 11.5. The zero-order valence-corrected chi connectivity index (χ0v) is 12.5. The second kappa shape index (κ2) is 5.42. The average Bonchev–Trinajstić information content (AvgIpc) is 2.51. The Morgan fingerprint density at radius 1 is 1.18 bits per heavy atom. The first-order chi connectivity index (χ1) is 10.5. The molecule has 1 aliphatic rings. The summed E-state index contributed by atoms with van der Waals surface area (Å²) in [5, 5.41) is 10.4. The smallest absolute Gasteiger partial charge is 0.259 e. The van der Waals surface area contributed by atoms with Crippen molar-refractivity contribution in [1.82, 2.24) is 4.90 Å². The Labute approximate surface area is 128 Å². The number of aliphatic hydroxyl groups is 1. The molecule has 0 aromatic heterocycles. The molecule has 0 fully saturated rings. The molecule has 0 radical (unpaired) electrons. The van der Waals surface area contributed by atoms with Crippen molar-refractivity contribution < 1.29 is 14.3 Å². The van der Waals surface area contributed by atoms with E-state index in [2.05, 4.69) is 0 Å². The molecule has 1 N–H and O–H groups in total. The molecule has 0 saturated carbocycles. The van der Waals surface area contributed by atoms with Crippen LogP contribution in [0.3, 0.4) is 0 Å². The van der Waals surface area contributed by atoms with Crippen molar-refractivity contribution in [3.8, 4) is 0 Å². The minimum Gasteiger partial charge on any atom is -0.356 e. The molecular weight excluding hydrogens is 283 g/mol. The molecule has 1 unspecified atom stereocenters. The van der Waals surface area contributed by atoms with Crippen LogP contribution in [0.2, 0.25) is 0 Å². The van der Waals surface area contributed by atoms with Crippen LogP contribution in [0.15, 0.2) is 42.5 Å². The van der Waals surface area contributed by atoms with Gasteiger partial charge in [0.25, 0.3) is 5.91 Å². The van der Waals surface area contributed by atoms with Crippen LogP contribution in [0.1, 0.15) is 21.5 Å². The van der Waals surface area contributed by atoms with Crippen molar-refractivity contribution in [2.75, 3.05) is 11.9 Å². The van der Waals surface area contributed by atoms with Gasteiger partial charge in [0.05, 0.1) is 17.8 Å². The number of aliphatic hydroxyl groups excluding tert-OH is 1. The summed E-state index contributed by atoms with van der Waals surface area (Å²) in [5.74, 6) is -0.555. The fraction of sp³-hybridized carbons (Fsp3) is 0.235. The predicted octanol–water partition coefficient (Wildman–Crippen LogP) is 2.50. The van der Waals surface area contributed by atoms with E-state index in [1.54, 1.807) is 24.1 Å². The third-order valence-electron chi connectivity index (χ3n) is 3.91. The van der Waals surface area contributed by atoms with Crippen molar-refractivity contribution in [3.63, 3.8) is 0 Å². The molecule has 0 bridgehead atoms. The molecule has 0 spiro atoms. The van der Waals surface area contributed by atoms with E-state index in [0.717, 1.165) is 11.1 Å². The van der Waals surface area contributed by atoms with Gasteiger partial charge < -0.3 is 10.0 Å². The number of anilines is 1. The highest BCUT2D eigenvalue weighted by Crippen LogP contribution is 2.30. The lowest BCUT2D eigenvalue weighted by Gasteiger charge is -2.40. The summed E-state index contributed by atoms with van der Waals surface area (Å²) < 4.78 is 13.0. The fourth-order valence-corrected chi connectivity index (χ4v) is 2.66. The SMILES string of the molecule is Cc1ccc2c(c1)C(=O)N(Cc1ccc(F)cc1)C(O)N2C. The first-order valence-corrected chi connectivity index (χ1v) is 7.04. The van der Waals surface area contributed by atoms with Crippen LogP contribution in [0, 0.1) is 12.7 Å². The van der Waals surface area contributed by atoms with Crippen LogP contribution < -0.4 is 4.90 Å². The van der Waals surface area contributed by atoms with E-state index >= 15 is 0 Å². The van der Waals surface area contributed by atoms with E-state index < -0.39 is 6.35 Å². The summed E-state index contributed by atoms with van der Waals surface area (Å²) in [7, 11) is 1.74. The van der Waals surface area contributed by atoms with Crippen LogP contribution >= 0.6 is 0 Å². The largest absolute Gasteiger partial charge is 0.356 e. The Morgan fingerprint density at radius 2 is 1.86 bits per heavy atom. The van der Waals surface area contributed by atoms with E-state index in [-0.39, 0.29) is 18.3 Å². The van der Waals surface area contributed by atoms with Gasteiger partial charge in [0.1, 0.15) is 5.82 Å². The normalized spacial score (nSPS) is 17.6. The third kappa shape index (κ3) is 2.44. The van der Waals surface area contributed by atoms with Crippen molar-refractivity contribution in [2.45, 2.75) is 19.8 Å². The maximum atomic E-state index is 13.0. The minimum absolute atomic E-state index is 0.220. The molecule has 0 aliphatic carbocycles. The van der Waals surface area contributed by atoms with Crippen LogP contribution in [-0.2, 0) is 6.54 Å². The molecule has 2 aromatic carbocycles. The molecular formula is C17H17FN2O2. The lowest BCUT2D eigenvalue weighted by Crippen LogP contribution is -2.53. The number of hydrogen-bond donors (Lipinski definition) is 1. The van der Waals surface area contributed by atoms with Gasteiger partial charge in [-0.2, -0.15) is 0 Å². The number of rotatable bonds is 2. The van der Waals surface area contributed by atoms with E-state index in [1.165, 1.54) is 17.0 Å². The molecule has 22 heavy (non-hydrogen) atoms. The highest BCUT2D eigenvalue weighted by Gasteiger charge is 2.34. The molecule has 2 aromatic rings. The topological polar surface area (TPSA) is 43.8 Å². The number of aryl methyl sites for hydroxylation is 1. The predicted molar refractivity (Wildman–Crippen MR) is 81.9 cm³/mol. The van der Waals surface area contributed by atoms with Crippen LogP contribution in [0.4, 0.5) is 10.1 Å². The average molecular weight is 300 g/mol. The second-order valence-corrected chi connectivity index (χ2v) is 5.54. The summed E-state index contributed by atoms with van der Waals surface area (Å²) in [4.78, 5) is 15.7. The Morgan fingerprint density at radius 3 is 2.55 bits per heavy atom. The number of nitrogens with zero attached hydrogens (tertiary/aromatic N) is 2. The number of carbonyl (C=O) groups is 1. The Balaban J connectivity index is 1.95. The van der Waals surface area contributed by atoms with Gasteiger partial charge in [-0.1, -0.05) is 23.8 Å². The Hall–Kier alpha value is -2.40. The number of amides is 1. The van der Waals surface area contributed by atoms with Crippen LogP contribution in [-0.4, -0.2) is 29.3 Å². The molecule has 114 valence electrons. The zero-order chi connectivity index (χ0) is 15.9. The van der Waals surface area contributed by atoms with E-state index in [1.807, 2.05) is 25.1 Å². The van der Waals surface area contributed by atoms with Gasteiger partial charge in [0.2, 0.25) is 6.35 Å². The van der Waals surface area contributed by atoms with Crippen LogP contribution in [0.5, 0.6) is 0 Å². The van der Waals surface area contributed by atoms with Gasteiger partial charge in [0.15, 0.2) is 0 Å². The number of hydrogen-bond acceptors (Lipinski definition) is 3. The lowest BCUT2D eigenvalue weighted by molar-refractivity contribution is 0.000415. The van der Waals surface area contributed by atoms with Crippen molar-refractivity contribution in [3.05, 3.63) is 65.0 Å². The summed E-state index contributed by atoms with van der Waals surface area (Å²) >= 11 is 0. The van der Waals surface area contributed by atoms with E-state index in [9.17, 15) is 14.3 Å². The van der Waals surface area contributed by atoms with Crippen molar-refractivity contribution in [1.29, 1.82) is 0 Å². The number of benzene rings is 2. The van der Waals surface area contributed by atoms with Crippen LogP contribution in [0.25, 0.3) is 0 Å². The van der Waals surface area contributed by atoms with Gasteiger partial charge in [0, 0.05) is 7.05 Å². The van der Waals surface area contributed by atoms with Gasteiger partial charge in [-0.25, -0.2) is 4.39 Å². The van der Waals surface area contributed by atoms with Crippen molar-refractivity contribution >= 4 is 11.6 Å². The molecule has 1 atom stereocenters. The third-order valence-corrected chi connectivity index (χ3v) is 3.91. The van der Waals surface area contributed by atoms with Gasteiger partial charge in [-0.05, 0) is 36.8 Å². The lowest BCUT2D eigenvalue weighted by atomic mass is 10.0. The van der Waals surface area contributed by atoms with Crippen molar-refractivity contribution in [2.24, 2.45) is 0 Å². The van der Waals surface area contributed by atoms with Gasteiger partial charge in [-0.3, -0.25) is 9.69 Å². The zero-order valence-electron chi connectivity index (χ0n) is 12.5. The number of halogens is 1. The molecule has 3 rings (SSSR count). The Kier molecular flexibility index (Phi) is 3.58. The summed E-state index contributed by atoms with van der Waals surface area (Å²) in [6.45, 7) is 2.14. The molecule has 4 nitrogen and oxygen atoms in total. The molecule has 1 aliphatic heterocycles. The van der Waals surface area contributed by atoms with Gasteiger partial charge in [-0.15, -0.1) is 0 Å². The minimum atomic E-state index is -1.05. The Bertz CT molecular complexity index is 715. The highest BCUT2D eigenvalue weighted by molar-refractivity contribution is 6.01. The first kappa shape index (κ1) is 14.5. The van der Waals surface area contributed by atoms with E-state index in [0.29, 0.717) is 11.3 Å². The fourth-order valence-electron chi connectivity index (χ4n) is 2.66. The second-order valence-electron chi connectivity index (χ2n) is 5.54. The highest BCUT2D eigenvalue weighted by atomic mass is 19.1. The standard InChI is InChI=1S/C17H17FN2O2/c1-11-3-8-15-14(9-11)16(21)20(17(22)19(15)2)10-12-4-6-13(18)7-5-12/h3-9,17,22H,10H2,1-2H3. The molecule has 5 heteroatoms. The quantitative estimate of drug-likeness (QED) is 0.927. The monoisotopic (exact) mass is 300 g/mol. The maximum absolute atomic E-state index is 13.0. The van der Waals surface area contributed by atoms with E-state index in [4.69, 9.17) is 0 Å². The summed E-state index contributed by atoms with van der Waals surface area (Å²) in [6.07, 6.45) is -1.05. The van der Waals surface area contributed by atoms with Gasteiger partial charge >= 0.3 is 0 Å². The first-order valence-electron chi connectivity index (χ1n) is 7.04. The summed E-state index contributed by atoms with van der Waals surface area (Å²) in [5.41, 5.74) is 3.02. The number of carbonyl (C=O) groups excluding carboxylic acids is 1. The molecule has 1 heterocycles.